The Bertz CT molecular complexity index is 792. The van der Waals surface area contributed by atoms with E-state index in [-0.39, 0.29) is 23.6 Å². The van der Waals surface area contributed by atoms with E-state index in [9.17, 15) is 23.1 Å². The van der Waals surface area contributed by atoms with Crippen LogP contribution < -0.4 is 5.73 Å². The predicted molar refractivity (Wildman–Crippen MR) is 87.9 cm³/mol. The van der Waals surface area contributed by atoms with Gasteiger partial charge in [0.25, 0.3) is 0 Å². The second-order valence-corrected chi connectivity index (χ2v) is 5.94. The van der Waals surface area contributed by atoms with Gasteiger partial charge in [0.15, 0.2) is 5.69 Å². The molecular formula is C17H20F3N3O3. The summed E-state index contributed by atoms with van der Waals surface area (Å²) in [5.74, 6) is -0.903. The van der Waals surface area contributed by atoms with E-state index in [1.165, 1.54) is 6.07 Å². The molecule has 0 amide bonds. The molecule has 0 radical (unpaired) electrons. The van der Waals surface area contributed by atoms with E-state index in [4.69, 9.17) is 10.5 Å². The number of alkyl halides is 3. The Morgan fingerprint density at radius 3 is 2.58 bits per heavy atom. The summed E-state index contributed by atoms with van der Waals surface area (Å²) in [6, 6.07) is 1.89. The first-order chi connectivity index (χ1) is 12.0. The van der Waals surface area contributed by atoms with Crippen molar-refractivity contribution in [2.75, 3.05) is 6.61 Å². The molecule has 0 unspecified atom stereocenters. The number of carbonyl (C=O) groups excluding carboxylic acids is 1. The summed E-state index contributed by atoms with van der Waals surface area (Å²) < 4.78 is 45.8. The predicted octanol–water partition coefficient (Wildman–Crippen LogP) is 3.17. The smallest absolute Gasteiger partial charge is 0.435 e. The first kappa shape index (κ1) is 19.8. The molecule has 2 rings (SSSR count). The molecule has 2 aromatic rings. The number of phenolic OH excluding ortho intramolecular Hbond substituents is 1. The van der Waals surface area contributed by atoms with Crippen LogP contribution in [0.25, 0.3) is 5.69 Å². The molecule has 9 heteroatoms. The maximum absolute atomic E-state index is 13.4. The number of aromatic hydroxyl groups is 1. The van der Waals surface area contributed by atoms with Crippen LogP contribution in [0.2, 0.25) is 0 Å². The van der Waals surface area contributed by atoms with Gasteiger partial charge >= 0.3 is 12.1 Å². The average molecular weight is 371 g/mol. The number of hydrogen-bond donors (Lipinski definition) is 2. The van der Waals surface area contributed by atoms with Crippen LogP contribution in [0.4, 0.5) is 13.2 Å². The topological polar surface area (TPSA) is 90.4 Å². The lowest BCUT2D eigenvalue weighted by Gasteiger charge is -2.12. The number of halogens is 3. The molecule has 3 N–H and O–H groups in total. The van der Waals surface area contributed by atoms with E-state index < -0.39 is 30.3 Å². The Morgan fingerprint density at radius 1 is 1.38 bits per heavy atom. The molecule has 1 atom stereocenters. The third-order valence-corrected chi connectivity index (χ3v) is 3.76. The number of carbonyl (C=O) groups is 1. The van der Waals surface area contributed by atoms with Gasteiger partial charge < -0.3 is 15.6 Å². The fourth-order valence-electron chi connectivity index (χ4n) is 2.74. The van der Waals surface area contributed by atoms with Gasteiger partial charge in [0.2, 0.25) is 0 Å². The van der Waals surface area contributed by atoms with Crippen LogP contribution >= 0.6 is 0 Å². The van der Waals surface area contributed by atoms with Gasteiger partial charge in [0.1, 0.15) is 11.4 Å². The minimum Gasteiger partial charge on any atom is -0.506 e. The van der Waals surface area contributed by atoms with Crippen molar-refractivity contribution in [2.45, 2.75) is 39.4 Å². The Kier molecular flexibility index (Phi) is 5.60. The summed E-state index contributed by atoms with van der Waals surface area (Å²) in [6.45, 7) is 5.09. The SMILES string of the molecule is CCOC(=O)C[C@H](N)c1cn(-c2c(C)cc(C)cc2O)nc1C(F)(F)F. The van der Waals surface area contributed by atoms with Gasteiger partial charge in [-0.15, -0.1) is 0 Å². The van der Waals surface area contributed by atoms with Crippen molar-refractivity contribution in [3.05, 3.63) is 40.7 Å². The highest BCUT2D eigenvalue weighted by atomic mass is 19.4. The molecule has 0 spiro atoms. The molecule has 142 valence electrons. The van der Waals surface area contributed by atoms with Crippen molar-refractivity contribution in [1.82, 2.24) is 9.78 Å². The summed E-state index contributed by atoms with van der Waals surface area (Å²) in [5, 5.41) is 13.7. The molecule has 1 heterocycles. The van der Waals surface area contributed by atoms with E-state index >= 15 is 0 Å². The summed E-state index contributed by atoms with van der Waals surface area (Å²) in [7, 11) is 0. The summed E-state index contributed by atoms with van der Waals surface area (Å²) in [5.41, 5.74) is 5.68. The average Bonchev–Trinajstić information content (AvgIpc) is 2.91. The van der Waals surface area contributed by atoms with Gasteiger partial charge in [0.05, 0.1) is 13.0 Å². The summed E-state index contributed by atoms with van der Waals surface area (Å²) in [6.07, 6.45) is -4.09. The Hall–Kier alpha value is -2.55. The van der Waals surface area contributed by atoms with Crippen molar-refractivity contribution in [3.8, 4) is 11.4 Å². The third kappa shape index (κ3) is 4.16. The monoisotopic (exact) mass is 371 g/mol. The van der Waals surface area contributed by atoms with Crippen LogP contribution in [0, 0.1) is 13.8 Å². The lowest BCUT2D eigenvalue weighted by atomic mass is 10.1. The number of nitrogens with zero attached hydrogens (tertiary/aromatic N) is 2. The van der Waals surface area contributed by atoms with E-state index in [0.717, 1.165) is 16.4 Å². The van der Waals surface area contributed by atoms with Crippen molar-refractivity contribution in [2.24, 2.45) is 5.73 Å². The quantitative estimate of drug-likeness (QED) is 0.788. The van der Waals surface area contributed by atoms with E-state index in [0.29, 0.717) is 5.56 Å². The number of phenols is 1. The number of rotatable bonds is 5. The molecule has 26 heavy (non-hydrogen) atoms. The zero-order valence-electron chi connectivity index (χ0n) is 14.6. The molecule has 0 aliphatic carbocycles. The molecule has 6 nitrogen and oxygen atoms in total. The molecule has 1 aromatic carbocycles. The minimum absolute atomic E-state index is 0.105. The first-order valence-corrected chi connectivity index (χ1v) is 7.93. The van der Waals surface area contributed by atoms with Crippen LogP contribution in [0.1, 0.15) is 41.8 Å². The van der Waals surface area contributed by atoms with Crippen LogP contribution in [0.3, 0.4) is 0 Å². The third-order valence-electron chi connectivity index (χ3n) is 3.76. The van der Waals surface area contributed by atoms with Crippen molar-refractivity contribution in [1.29, 1.82) is 0 Å². The van der Waals surface area contributed by atoms with E-state index in [2.05, 4.69) is 5.10 Å². The number of nitrogens with two attached hydrogens (primary N) is 1. The first-order valence-electron chi connectivity index (χ1n) is 7.93. The van der Waals surface area contributed by atoms with Crippen LogP contribution in [-0.4, -0.2) is 27.5 Å². The molecule has 0 bridgehead atoms. The zero-order valence-corrected chi connectivity index (χ0v) is 14.6. The van der Waals surface area contributed by atoms with Gasteiger partial charge in [-0.1, -0.05) is 6.07 Å². The van der Waals surface area contributed by atoms with E-state index in [1.807, 2.05) is 0 Å². The van der Waals surface area contributed by atoms with Gasteiger partial charge in [-0.05, 0) is 38.0 Å². The minimum atomic E-state index is -4.76. The molecule has 0 aliphatic rings. The maximum Gasteiger partial charge on any atom is 0.435 e. The summed E-state index contributed by atoms with van der Waals surface area (Å²) >= 11 is 0. The molecule has 0 aliphatic heterocycles. The van der Waals surface area contributed by atoms with Crippen molar-refractivity contribution >= 4 is 5.97 Å². The number of aromatic nitrogens is 2. The Balaban J connectivity index is 2.52. The lowest BCUT2D eigenvalue weighted by molar-refractivity contribution is -0.145. The Morgan fingerprint density at radius 2 is 2.04 bits per heavy atom. The zero-order chi connectivity index (χ0) is 19.6. The number of hydrogen-bond acceptors (Lipinski definition) is 5. The van der Waals surface area contributed by atoms with Gasteiger partial charge in [-0.2, -0.15) is 18.3 Å². The van der Waals surface area contributed by atoms with Crippen molar-refractivity contribution < 1.29 is 27.8 Å². The van der Waals surface area contributed by atoms with E-state index in [1.54, 1.807) is 26.8 Å². The fraction of sp³-hybridized carbons (Fsp3) is 0.412. The van der Waals surface area contributed by atoms with Crippen LogP contribution in [0.15, 0.2) is 18.3 Å². The van der Waals surface area contributed by atoms with Gasteiger partial charge in [-0.3, -0.25) is 4.79 Å². The summed E-state index contributed by atoms with van der Waals surface area (Å²) in [4.78, 5) is 11.6. The van der Waals surface area contributed by atoms with Crippen molar-refractivity contribution in [3.63, 3.8) is 0 Å². The Labute approximate surface area is 148 Å². The molecule has 0 fully saturated rings. The van der Waals surface area contributed by atoms with Crippen LogP contribution in [-0.2, 0) is 15.7 Å². The maximum atomic E-state index is 13.4. The number of benzene rings is 1. The highest BCUT2D eigenvalue weighted by molar-refractivity contribution is 5.70. The largest absolute Gasteiger partial charge is 0.506 e. The van der Waals surface area contributed by atoms with Crippen LogP contribution in [0.5, 0.6) is 5.75 Å². The standard InChI is InChI=1S/C17H20F3N3O3/c1-4-26-14(25)7-12(21)11-8-23(22-16(11)17(18,19)20)15-10(3)5-9(2)6-13(15)24/h5-6,8,12,24H,4,7,21H2,1-3H3/t12-/m0/s1. The fourth-order valence-corrected chi connectivity index (χ4v) is 2.74. The number of esters is 1. The highest BCUT2D eigenvalue weighted by Gasteiger charge is 2.39. The molecule has 0 saturated heterocycles. The number of ether oxygens (including phenoxy) is 1. The second-order valence-electron chi connectivity index (χ2n) is 5.94. The molecule has 1 aromatic heterocycles. The molecular weight excluding hydrogens is 351 g/mol. The lowest BCUT2D eigenvalue weighted by Crippen LogP contribution is -2.20. The normalized spacial score (nSPS) is 12.9. The van der Waals surface area contributed by atoms with Gasteiger partial charge in [0, 0.05) is 17.8 Å². The highest BCUT2D eigenvalue weighted by Crippen LogP contribution is 2.36. The number of aryl methyl sites for hydroxylation is 2. The molecule has 0 saturated carbocycles. The van der Waals surface area contributed by atoms with Gasteiger partial charge in [-0.25, -0.2) is 4.68 Å². The second kappa shape index (κ2) is 7.36.